The summed E-state index contributed by atoms with van der Waals surface area (Å²) in [5, 5.41) is 0. The van der Waals surface area contributed by atoms with E-state index in [0.29, 0.717) is 5.92 Å². The van der Waals surface area contributed by atoms with Crippen molar-refractivity contribution in [3.63, 3.8) is 0 Å². The minimum atomic E-state index is 0.344. The van der Waals surface area contributed by atoms with Gasteiger partial charge in [-0.25, -0.2) is 0 Å². The van der Waals surface area contributed by atoms with Gasteiger partial charge in [0.15, 0.2) is 0 Å². The monoisotopic (exact) mass is 202 g/mol. The Hall–Kier alpha value is -1.50. The van der Waals surface area contributed by atoms with Crippen molar-refractivity contribution in [2.24, 2.45) is 0 Å². The maximum atomic E-state index is 5.35. The molecule has 0 radical (unpaired) electrons. The molecule has 0 fully saturated rings. The van der Waals surface area contributed by atoms with E-state index in [1.54, 1.807) is 6.26 Å². The second kappa shape index (κ2) is 6.07. The van der Waals surface area contributed by atoms with Crippen molar-refractivity contribution < 1.29 is 4.42 Å². The molecule has 15 heavy (non-hydrogen) atoms. The van der Waals surface area contributed by atoms with Gasteiger partial charge in [-0.2, -0.15) is 0 Å². The lowest BCUT2D eigenvalue weighted by Crippen LogP contribution is -1.92. The number of hydrogen-bond donors (Lipinski definition) is 0. The zero-order valence-corrected chi connectivity index (χ0v) is 9.60. The van der Waals surface area contributed by atoms with Crippen LogP contribution in [-0.4, -0.2) is 0 Å². The number of furan rings is 1. The highest BCUT2D eigenvalue weighted by molar-refractivity contribution is 5.25. The summed E-state index contributed by atoms with van der Waals surface area (Å²) >= 11 is 0. The van der Waals surface area contributed by atoms with Crippen molar-refractivity contribution in [3.05, 3.63) is 60.1 Å². The summed E-state index contributed by atoms with van der Waals surface area (Å²) in [5.74, 6) is 1.36. The van der Waals surface area contributed by atoms with Crippen LogP contribution in [0.25, 0.3) is 0 Å². The predicted molar refractivity (Wildman–Crippen MR) is 64.0 cm³/mol. The van der Waals surface area contributed by atoms with Gasteiger partial charge >= 0.3 is 0 Å². The summed E-state index contributed by atoms with van der Waals surface area (Å²) in [7, 11) is 0. The minimum Gasteiger partial charge on any atom is -0.469 e. The first kappa shape index (κ1) is 11.6. The molecule has 1 unspecified atom stereocenters. The third-order valence-electron chi connectivity index (χ3n) is 2.27. The summed E-state index contributed by atoms with van der Waals surface area (Å²) in [4.78, 5) is 0. The summed E-state index contributed by atoms with van der Waals surface area (Å²) < 4.78 is 5.35. The van der Waals surface area contributed by atoms with Gasteiger partial charge < -0.3 is 4.42 Å². The number of hydrogen-bond acceptors (Lipinski definition) is 1. The smallest absolute Gasteiger partial charge is 0.110 e. The Bertz CT molecular complexity index is 348. The summed E-state index contributed by atoms with van der Waals surface area (Å²) in [6.45, 7) is 6.15. The second-order valence-corrected chi connectivity index (χ2v) is 3.15. The molecule has 1 nitrogen and oxygen atoms in total. The quantitative estimate of drug-likeness (QED) is 0.700. The molecular formula is C14H18O. The molecule has 0 aliphatic rings. The summed E-state index contributed by atoms with van der Waals surface area (Å²) in [6.07, 6.45) is 1.72. The third-order valence-corrected chi connectivity index (χ3v) is 2.27. The van der Waals surface area contributed by atoms with E-state index in [4.69, 9.17) is 4.42 Å². The highest BCUT2D eigenvalue weighted by Gasteiger charge is 2.09. The van der Waals surface area contributed by atoms with E-state index < -0.39 is 0 Å². The molecule has 0 aliphatic carbocycles. The van der Waals surface area contributed by atoms with E-state index >= 15 is 0 Å². The second-order valence-electron chi connectivity index (χ2n) is 3.15. The number of benzene rings is 1. The lowest BCUT2D eigenvalue weighted by Gasteiger charge is -2.07. The van der Waals surface area contributed by atoms with E-state index in [-0.39, 0.29) is 0 Å². The molecule has 1 atom stereocenters. The number of rotatable bonds is 2. The van der Waals surface area contributed by atoms with Gasteiger partial charge in [0, 0.05) is 5.92 Å². The standard InChI is InChI=1S/C12H12O.C2H6/c1-10(12-8-5-9-13-12)11-6-3-2-4-7-11;1-2/h2-10H,1H3;1-2H3. The largest absolute Gasteiger partial charge is 0.469 e. The molecular weight excluding hydrogens is 184 g/mol. The molecule has 0 saturated heterocycles. The van der Waals surface area contributed by atoms with Gasteiger partial charge in [-0.3, -0.25) is 0 Å². The van der Waals surface area contributed by atoms with Crippen LogP contribution in [0.3, 0.4) is 0 Å². The molecule has 0 aliphatic heterocycles. The van der Waals surface area contributed by atoms with E-state index in [1.165, 1.54) is 5.56 Å². The molecule has 2 rings (SSSR count). The fraction of sp³-hybridized carbons (Fsp3) is 0.286. The molecule has 2 aromatic rings. The first-order valence-corrected chi connectivity index (χ1v) is 5.46. The summed E-state index contributed by atoms with van der Waals surface area (Å²) in [5.41, 5.74) is 1.29. The van der Waals surface area contributed by atoms with Crippen molar-refractivity contribution in [2.75, 3.05) is 0 Å². The van der Waals surface area contributed by atoms with Crippen LogP contribution >= 0.6 is 0 Å². The fourth-order valence-corrected chi connectivity index (χ4v) is 1.44. The summed E-state index contributed by atoms with van der Waals surface area (Å²) in [6, 6.07) is 14.3. The average molecular weight is 202 g/mol. The Morgan fingerprint density at radius 2 is 1.60 bits per heavy atom. The molecule has 0 saturated carbocycles. The van der Waals surface area contributed by atoms with Crippen molar-refractivity contribution in [1.82, 2.24) is 0 Å². The molecule has 0 amide bonds. The van der Waals surface area contributed by atoms with Crippen LogP contribution in [0.1, 0.15) is 38.0 Å². The minimum absolute atomic E-state index is 0.344. The topological polar surface area (TPSA) is 13.1 Å². The Balaban J connectivity index is 0.000000531. The zero-order valence-electron chi connectivity index (χ0n) is 9.60. The molecule has 0 spiro atoms. The van der Waals surface area contributed by atoms with Crippen LogP contribution in [0.4, 0.5) is 0 Å². The van der Waals surface area contributed by atoms with Gasteiger partial charge in [0.2, 0.25) is 0 Å². The van der Waals surface area contributed by atoms with Crippen molar-refractivity contribution >= 4 is 0 Å². The van der Waals surface area contributed by atoms with Gasteiger partial charge in [-0.1, -0.05) is 51.1 Å². The Labute approximate surface area is 91.7 Å². The van der Waals surface area contributed by atoms with Crippen LogP contribution in [0.15, 0.2) is 53.1 Å². The van der Waals surface area contributed by atoms with Crippen LogP contribution in [-0.2, 0) is 0 Å². The molecule has 0 N–H and O–H groups in total. The van der Waals surface area contributed by atoms with E-state index in [0.717, 1.165) is 5.76 Å². The van der Waals surface area contributed by atoms with Crippen LogP contribution in [0.5, 0.6) is 0 Å². The SMILES string of the molecule is CC.CC(c1ccccc1)c1ccco1. The van der Waals surface area contributed by atoms with Gasteiger partial charge in [0.25, 0.3) is 0 Å². The normalized spacial score (nSPS) is 11.4. The van der Waals surface area contributed by atoms with E-state index in [2.05, 4.69) is 31.2 Å². The van der Waals surface area contributed by atoms with Crippen molar-refractivity contribution in [1.29, 1.82) is 0 Å². The van der Waals surface area contributed by atoms with E-state index in [1.807, 2.05) is 32.0 Å². The van der Waals surface area contributed by atoms with Gasteiger partial charge in [-0.15, -0.1) is 0 Å². The molecule has 1 aromatic heterocycles. The van der Waals surface area contributed by atoms with Crippen molar-refractivity contribution in [3.8, 4) is 0 Å². The first-order chi connectivity index (χ1) is 7.38. The molecule has 80 valence electrons. The lowest BCUT2D eigenvalue weighted by atomic mass is 9.99. The maximum Gasteiger partial charge on any atom is 0.110 e. The van der Waals surface area contributed by atoms with Crippen LogP contribution in [0.2, 0.25) is 0 Å². The third kappa shape index (κ3) is 2.98. The zero-order chi connectivity index (χ0) is 11.1. The van der Waals surface area contributed by atoms with Crippen LogP contribution in [0, 0.1) is 0 Å². The lowest BCUT2D eigenvalue weighted by molar-refractivity contribution is 0.496. The van der Waals surface area contributed by atoms with Gasteiger partial charge in [-0.05, 0) is 17.7 Å². The highest BCUT2D eigenvalue weighted by atomic mass is 16.3. The predicted octanol–water partition coefficient (Wildman–Crippen LogP) is 4.46. The Morgan fingerprint density at radius 3 is 2.13 bits per heavy atom. The maximum absolute atomic E-state index is 5.35. The average Bonchev–Trinajstić information content (AvgIpc) is 2.85. The first-order valence-electron chi connectivity index (χ1n) is 5.46. The van der Waals surface area contributed by atoms with Gasteiger partial charge in [0.1, 0.15) is 5.76 Å². The molecule has 1 heterocycles. The Kier molecular flexibility index (Phi) is 4.69. The van der Waals surface area contributed by atoms with Gasteiger partial charge in [0.05, 0.1) is 6.26 Å². The molecule has 1 heteroatoms. The van der Waals surface area contributed by atoms with Crippen LogP contribution < -0.4 is 0 Å². The molecule has 0 bridgehead atoms. The van der Waals surface area contributed by atoms with Crippen molar-refractivity contribution in [2.45, 2.75) is 26.7 Å². The highest BCUT2D eigenvalue weighted by Crippen LogP contribution is 2.23. The molecule has 1 aromatic carbocycles. The fourth-order valence-electron chi connectivity index (χ4n) is 1.44. The Morgan fingerprint density at radius 1 is 0.933 bits per heavy atom. The van der Waals surface area contributed by atoms with E-state index in [9.17, 15) is 0 Å².